The van der Waals surface area contributed by atoms with Gasteiger partial charge < -0.3 is 4.74 Å². The molecule has 0 atom stereocenters. The highest BCUT2D eigenvalue weighted by Gasteiger charge is 2.26. The third kappa shape index (κ3) is 3.24. The first-order valence-electron chi connectivity index (χ1n) is 4.28. The fourth-order valence-corrected chi connectivity index (χ4v) is 1.79. The Bertz CT molecular complexity index is 261. The van der Waals surface area contributed by atoms with Gasteiger partial charge in [0, 0.05) is 13.1 Å². The van der Waals surface area contributed by atoms with Gasteiger partial charge in [-0.25, -0.2) is 8.42 Å². The summed E-state index contributed by atoms with van der Waals surface area (Å²) >= 11 is 0. The van der Waals surface area contributed by atoms with Crippen molar-refractivity contribution in [3.63, 3.8) is 0 Å². The molecule has 1 saturated heterocycles. The number of nitrogens with zero attached hydrogens (tertiary/aromatic N) is 1. The van der Waals surface area contributed by atoms with Crippen molar-refractivity contribution in [3.05, 3.63) is 0 Å². The van der Waals surface area contributed by atoms with Crippen LogP contribution < -0.4 is 0 Å². The number of hydroxylamine groups is 2. The number of thiol groups is 1. The number of methoxy groups -OCH3 is 1. The molecule has 0 unspecified atom stereocenters. The van der Waals surface area contributed by atoms with E-state index in [1.54, 1.807) is 0 Å². The van der Waals surface area contributed by atoms with Crippen molar-refractivity contribution in [3.8, 4) is 0 Å². The van der Waals surface area contributed by atoms with Gasteiger partial charge in [-0.2, -0.15) is 9.35 Å². The van der Waals surface area contributed by atoms with Crippen LogP contribution in [0.4, 0.5) is 0 Å². The molecule has 1 fully saturated rings. The van der Waals surface area contributed by atoms with E-state index >= 15 is 0 Å². The number of hydrogen-bond donors (Lipinski definition) is 1. The van der Waals surface area contributed by atoms with Gasteiger partial charge in [-0.1, -0.05) is 0 Å². The second-order valence-corrected chi connectivity index (χ2v) is 3.64. The van der Waals surface area contributed by atoms with Gasteiger partial charge in [-0.15, -0.1) is 0 Å². The highest BCUT2D eigenvalue weighted by molar-refractivity contribution is 7.67. The summed E-state index contributed by atoms with van der Waals surface area (Å²) in [5, 5.41) is 1.34. The van der Waals surface area contributed by atoms with E-state index in [1.165, 1.54) is 12.2 Å². The van der Waals surface area contributed by atoms with Crippen LogP contribution in [0.3, 0.4) is 0 Å². The quantitative estimate of drug-likeness (QED) is 0.505. The molecule has 0 N–H and O–H groups in total. The molecule has 0 aromatic rings. The second kappa shape index (κ2) is 5.28. The predicted octanol–water partition coefficient (Wildman–Crippen LogP) is -0.671. The summed E-state index contributed by atoms with van der Waals surface area (Å²) in [4.78, 5) is 11.1. The monoisotopic (exact) mass is 223 g/mol. The summed E-state index contributed by atoms with van der Waals surface area (Å²) in [6.45, 7) is 0.867. The highest BCUT2D eigenvalue weighted by Crippen LogP contribution is 2.18. The van der Waals surface area contributed by atoms with Crippen molar-refractivity contribution in [1.29, 1.82) is 0 Å². The first kappa shape index (κ1) is 11.4. The van der Waals surface area contributed by atoms with Gasteiger partial charge in [-0.3, -0.25) is 4.79 Å². The Balaban J connectivity index is 2.34. The Morgan fingerprint density at radius 1 is 1.36 bits per heavy atom. The lowest BCUT2D eigenvalue weighted by molar-refractivity contribution is -0.150. The van der Waals surface area contributed by atoms with Crippen molar-refractivity contribution < 1.29 is 22.2 Å². The van der Waals surface area contributed by atoms with Crippen LogP contribution >= 0.6 is 0 Å². The van der Waals surface area contributed by atoms with E-state index in [0.717, 1.165) is 0 Å². The Morgan fingerprint density at radius 2 is 1.93 bits per heavy atom. The molecule has 0 aromatic carbocycles. The molecule has 14 heavy (non-hydrogen) atoms. The minimum absolute atomic E-state index is 0.135. The van der Waals surface area contributed by atoms with Gasteiger partial charge in [0.2, 0.25) is 0 Å². The maximum absolute atomic E-state index is 11.1. The topological polar surface area (TPSA) is 72.9 Å². The van der Waals surface area contributed by atoms with Gasteiger partial charge >= 0.3 is 5.97 Å². The molecule has 82 valence electrons. The fourth-order valence-electron chi connectivity index (χ4n) is 1.43. The number of piperidine rings is 1. The standard InChI is InChI=1S/C7H13NO5S/c1-12-7(9)6-2-4-8(5-3-6)13-14(10)11/h6,14H,2-5H2,1H3. The van der Waals surface area contributed by atoms with Crippen molar-refractivity contribution in [2.24, 2.45) is 5.92 Å². The largest absolute Gasteiger partial charge is 0.469 e. The van der Waals surface area contributed by atoms with Crippen molar-refractivity contribution in [2.45, 2.75) is 12.8 Å². The number of carbonyl (C=O) groups is 1. The van der Waals surface area contributed by atoms with E-state index in [-0.39, 0.29) is 11.9 Å². The molecule has 0 saturated carbocycles. The third-order valence-electron chi connectivity index (χ3n) is 2.17. The van der Waals surface area contributed by atoms with Crippen LogP contribution in [0.15, 0.2) is 0 Å². The molecule has 6 nitrogen and oxygen atoms in total. The summed E-state index contributed by atoms with van der Waals surface area (Å²) in [5.74, 6) is -0.374. The molecule has 1 aliphatic heterocycles. The van der Waals surface area contributed by atoms with E-state index in [2.05, 4.69) is 9.02 Å². The molecule has 7 heteroatoms. The first-order valence-corrected chi connectivity index (χ1v) is 5.38. The van der Waals surface area contributed by atoms with E-state index < -0.39 is 11.0 Å². The van der Waals surface area contributed by atoms with Crippen LogP contribution in [0.25, 0.3) is 0 Å². The average Bonchev–Trinajstić information content (AvgIpc) is 2.17. The van der Waals surface area contributed by atoms with Crippen molar-refractivity contribution in [2.75, 3.05) is 20.2 Å². The molecule has 0 radical (unpaired) electrons. The minimum atomic E-state index is -2.85. The third-order valence-corrected chi connectivity index (χ3v) is 2.53. The van der Waals surface area contributed by atoms with Gasteiger partial charge in [-0.05, 0) is 12.8 Å². The minimum Gasteiger partial charge on any atom is -0.469 e. The van der Waals surface area contributed by atoms with Crippen LogP contribution in [0.1, 0.15) is 12.8 Å². The maximum Gasteiger partial charge on any atom is 0.308 e. The Morgan fingerprint density at radius 3 is 2.36 bits per heavy atom. The zero-order chi connectivity index (χ0) is 10.6. The average molecular weight is 223 g/mol. The molecule has 1 heterocycles. The second-order valence-electron chi connectivity index (χ2n) is 3.03. The van der Waals surface area contributed by atoms with Crippen molar-refractivity contribution >= 4 is 17.0 Å². The molecular formula is C7H13NO5S. The smallest absolute Gasteiger partial charge is 0.308 e. The van der Waals surface area contributed by atoms with E-state index in [0.29, 0.717) is 25.9 Å². The van der Waals surface area contributed by atoms with Gasteiger partial charge in [0.1, 0.15) is 0 Å². The van der Waals surface area contributed by atoms with Crippen LogP contribution in [-0.2, 0) is 24.8 Å². The van der Waals surface area contributed by atoms with E-state index in [1.807, 2.05) is 0 Å². The number of hydrogen-bond acceptors (Lipinski definition) is 6. The maximum atomic E-state index is 11.1. The summed E-state index contributed by atoms with van der Waals surface area (Å²) < 4.78 is 29.5. The number of carbonyl (C=O) groups excluding carboxylic acids is 1. The van der Waals surface area contributed by atoms with Crippen molar-refractivity contribution in [1.82, 2.24) is 5.06 Å². The molecule has 1 aliphatic rings. The number of esters is 1. The molecule has 0 spiro atoms. The highest BCUT2D eigenvalue weighted by atomic mass is 32.2. The van der Waals surface area contributed by atoms with E-state index in [4.69, 9.17) is 0 Å². The lowest BCUT2D eigenvalue weighted by Gasteiger charge is -2.27. The van der Waals surface area contributed by atoms with E-state index in [9.17, 15) is 13.2 Å². The fraction of sp³-hybridized carbons (Fsp3) is 0.857. The van der Waals surface area contributed by atoms with Crippen LogP contribution in [0.5, 0.6) is 0 Å². The van der Waals surface area contributed by atoms with Gasteiger partial charge in [0.05, 0.1) is 13.0 Å². The molecular weight excluding hydrogens is 210 g/mol. The first-order chi connectivity index (χ1) is 6.63. The molecule has 1 rings (SSSR count). The zero-order valence-electron chi connectivity index (χ0n) is 7.84. The predicted molar refractivity (Wildman–Crippen MR) is 47.7 cm³/mol. The van der Waals surface area contributed by atoms with Crippen LogP contribution in [0.2, 0.25) is 0 Å². The summed E-state index contributed by atoms with van der Waals surface area (Å²) in [7, 11) is -1.50. The zero-order valence-corrected chi connectivity index (χ0v) is 8.74. The Kier molecular flexibility index (Phi) is 4.30. The van der Waals surface area contributed by atoms with Crippen LogP contribution in [-0.4, -0.2) is 39.6 Å². The summed E-state index contributed by atoms with van der Waals surface area (Å²) in [6, 6.07) is 0. The Hall–Kier alpha value is -0.660. The lowest BCUT2D eigenvalue weighted by atomic mass is 9.98. The normalized spacial score (nSPS) is 19.9. The summed E-state index contributed by atoms with van der Waals surface area (Å²) in [6.07, 6.45) is 1.13. The van der Waals surface area contributed by atoms with Gasteiger partial charge in [0.15, 0.2) is 0 Å². The molecule has 0 bridgehead atoms. The molecule has 0 aliphatic carbocycles. The Labute approximate surface area is 83.9 Å². The molecule has 0 amide bonds. The van der Waals surface area contributed by atoms with Crippen LogP contribution in [0, 0.1) is 5.92 Å². The van der Waals surface area contributed by atoms with Gasteiger partial charge in [0.25, 0.3) is 11.0 Å². The number of ether oxygens (including phenoxy) is 1. The number of rotatable bonds is 3. The molecule has 0 aromatic heterocycles. The SMILES string of the molecule is COC(=O)C1CCN(O[SH](=O)=O)CC1. The summed E-state index contributed by atoms with van der Waals surface area (Å²) in [5.41, 5.74) is 0. The lowest BCUT2D eigenvalue weighted by Crippen LogP contribution is -2.36.